The average molecular weight is 413 g/mol. The molecule has 3 aliphatic rings. The van der Waals surface area contributed by atoms with Crippen molar-refractivity contribution in [3.05, 3.63) is 36.0 Å². The van der Waals surface area contributed by atoms with Crippen molar-refractivity contribution in [3.8, 4) is 0 Å². The van der Waals surface area contributed by atoms with Crippen LogP contribution in [0.1, 0.15) is 44.2 Å². The molecule has 2 saturated carbocycles. The van der Waals surface area contributed by atoms with Gasteiger partial charge >= 0.3 is 0 Å². The van der Waals surface area contributed by atoms with Crippen LogP contribution >= 0.6 is 0 Å². The van der Waals surface area contributed by atoms with Crippen molar-refractivity contribution < 1.29 is 4.39 Å². The molecule has 0 amide bonds. The Kier molecular flexibility index (Phi) is 5.97. The number of anilines is 1. The fourth-order valence-corrected chi connectivity index (χ4v) is 5.80. The van der Waals surface area contributed by atoms with Gasteiger partial charge in [-0.1, -0.05) is 17.7 Å². The van der Waals surface area contributed by atoms with E-state index >= 15 is 0 Å². The van der Waals surface area contributed by atoms with Crippen molar-refractivity contribution >= 4 is 5.82 Å². The first-order valence-electron chi connectivity index (χ1n) is 11.7. The van der Waals surface area contributed by atoms with Gasteiger partial charge in [-0.2, -0.15) is 4.39 Å². The summed E-state index contributed by atoms with van der Waals surface area (Å²) in [6.45, 7) is 6.03. The molecule has 0 N–H and O–H groups in total. The molecule has 2 aromatic rings. The number of unbranched alkanes of at least 4 members (excludes halogenated alkanes) is 1. The van der Waals surface area contributed by atoms with Crippen LogP contribution in [-0.2, 0) is 13.0 Å². The second-order valence-corrected chi connectivity index (χ2v) is 9.47. The summed E-state index contributed by atoms with van der Waals surface area (Å²) < 4.78 is 15.4. The lowest BCUT2D eigenvalue weighted by molar-refractivity contribution is 0.252. The van der Waals surface area contributed by atoms with Crippen molar-refractivity contribution in [2.24, 2.45) is 17.8 Å². The molecule has 5 rings (SSSR count). The van der Waals surface area contributed by atoms with Gasteiger partial charge in [-0.25, -0.2) is 4.98 Å². The third kappa shape index (κ3) is 4.66. The van der Waals surface area contributed by atoms with E-state index in [0.29, 0.717) is 0 Å². The van der Waals surface area contributed by atoms with Crippen molar-refractivity contribution in [2.45, 2.75) is 51.5 Å². The summed E-state index contributed by atoms with van der Waals surface area (Å²) in [6, 6.07) is 5.03. The van der Waals surface area contributed by atoms with E-state index in [4.69, 9.17) is 0 Å². The summed E-state index contributed by atoms with van der Waals surface area (Å²) in [5, 5.41) is 8.80. The highest BCUT2D eigenvalue weighted by molar-refractivity contribution is 5.38. The molecule has 1 saturated heterocycles. The zero-order chi connectivity index (χ0) is 20.3. The normalized spacial score (nSPS) is 26.6. The van der Waals surface area contributed by atoms with Crippen LogP contribution < -0.4 is 4.90 Å². The summed E-state index contributed by atoms with van der Waals surface area (Å²) in [5.41, 5.74) is 1.14. The predicted molar refractivity (Wildman–Crippen MR) is 115 cm³/mol. The number of hydrogen-bond donors (Lipinski definition) is 0. The summed E-state index contributed by atoms with van der Waals surface area (Å²) in [6.07, 6.45) is 11.3. The zero-order valence-electron chi connectivity index (χ0n) is 17.8. The molecule has 0 spiro atoms. The van der Waals surface area contributed by atoms with Gasteiger partial charge in [0.15, 0.2) is 0 Å². The molecule has 3 atom stereocenters. The first-order valence-corrected chi connectivity index (χ1v) is 11.7. The molecule has 1 aliphatic heterocycles. The lowest BCUT2D eigenvalue weighted by Crippen LogP contribution is -2.47. The number of halogens is 1. The van der Waals surface area contributed by atoms with Gasteiger partial charge in [-0.3, -0.25) is 9.58 Å². The number of piperazine rings is 1. The Hall–Kier alpha value is -2.02. The SMILES string of the molecule is Fc1cccc(N2CCN(CCCCc3cn(CC4C[C@H]5CC[C@@H]4C5)nn3)CC2)n1. The van der Waals surface area contributed by atoms with Crippen molar-refractivity contribution in [2.75, 3.05) is 37.6 Å². The molecule has 0 radical (unpaired) electrons. The Balaban J connectivity index is 0.993. The smallest absolute Gasteiger partial charge is 0.214 e. The van der Waals surface area contributed by atoms with E-state index in [0.717, 1.165) is 81.4 Å². The van der Waals surface area contributed by atoms with Crippen LogP contribution in [0.5, 0.6) is 0 Å². The Morgan fingerprint density at radius 3 is 2.70 bits per heavy atom. The first-order chi connectivity index (χ1) is 14.7. The van der Waals surface area contributed by atoms with Crippen LogP contribution in [0.4, 0.5) is 10.2 Å². The molecular formula is C23H33FN6. The second-order valence-electron chi connectivity index (χ2n) is 9.47. The van der Waals surface area contributed by atoms with E-state index in [9.17, 15) is 4.39 Å². The average Bonchev–Trinajstić information content (AvgIpc) is 3.49. The zero-order valence-corrected chi connectivity index (χ0v) is 17.8. The van der Waals surface area contributed by atoms with E-state index in [1.807, 2.05) is 6.07 Å². The highest BCUT2D eigenvalue weighted by Crippen LogP contribution is 2.48. The molecule has 3 fully saturated rings. The topological polar surface area (TPSA) is 50.1 Å². The number of hydrogen-bond acceptors (Lipinski definition) is 5. The molecule has 162 valence electrons. The Morgan fingerprint density at radius 2 is 1.93 bits per heavy atom. The van der Waals surface area contributed by atoms with Gasteiger partial charge in [-0.05, 0) is 75.0 Å². The highest BCUT2D eigenvalue weighted by Gasteiger charge is 2.39. The lowest BCUT2D eigenvalue weighted by Gasteiger charge is -2.35. The Labute approximate surface area is 178 Å². The minimum Gasteiger partial charge on any atom is -0.354 e. The van der Waals surface area contributed by atoms with Gasteiger partial charge in [0.1, 0.15) is 5.82 Å². The van der Waals surface area contributed by atoms with Crippen LogP contribution in [0.2, 0.25) is 0 Å². The number of fused-ring (bicyclic) bond motifs is 2. The molecule has 2 aliphatic carbocycles. The van der Waals surface area contributed by atoms with Crippen LogP contribution in [0.15, 0.2) is 24.4 Å². The number of nitrogens with zero attached hydrogens (tertiary/aromatic N) is 6. The van der Waals surface area contributed by atoms with E-state index in [1.54, 1.807) is 6.07 Å². The molecule has 30 heavy (non-hydrogen) atoms. The Bertz CT molecular complexity index is 831. The molecule has 7 heteroatoms. The maximum absolute atomic E-state index is 13.3. The van der Waals surface area contributed by atoms with Gasteiger partial charge in [0.25, 0.3) is 0 Å². The number of pyridine rings is 1. The van der Waals surface area contributed by atoms with E-state index < -0.39 is 5.95 Å². The van der Waals surface area contributed by atoms with Gasteiger partial charge in [0.05, 0.1) is 5.69 Å². The van der Waals surface area contributed by atoms with Gasteiger partial charge < -0.3 is 4.90 Å². The maximum atomic E-state index is 13.3. The quantitative estimate of drug-likeness (QED) is 0.491. The summed E-state index contributed by atoms with van der Waals surface area (Å²) >= 11 is 0. The third-order valence-electron chi connectivity index (χ3n) is 7.45. The number of rotatable bonds is 8. The van der Waals surface area contributed by atoms with E-state index in [1.165, 1.54) is 38.2 Å². The van der Waals surface area contributed by atoms with E-state index in [2.05, 4.69) is 36.0 Å². The minimum absolute atomic E-state index is 0.401. The monoisotopic (exact) mass is 412 g/mol. The maximum Gasteiger partial charge on any atom is 0.214 e. The largest absolute Gasteiger partial charge is 0.354 e. The number of aromatic nitrogens is 4. The molecule has 6 nitrogen and oxygen atoms in total. The minimum atomic E-state index is -0.401. The lowest BCUT2D eigenvalue weighted by atomic mass is 9.89. The highest BCUT2D eigenvalue weighted by atomic mass is 19.1. The van der Waals surface area contributed by atoms with Crippen molar-refractivity contribution in [1.82, 2.24) is 24.9 Å². The molecule has 0 aromatic carbocycles. The van der Waals surface area contributed by atoms with Crippen LogP contribution in [0, 0.1) is 23.7 Å². The van der Waals surface area contributed by atoms with Crippen LogP contribution in [0.3, 0.4) is 0 Å². The fourth-order valence-electron chi connectivity index (χ4n) is 5.80. The molecule has 1 unspecified atom stereocenters. The van der Waals surface area contributed by atoms with Gasteiger partial charge in [-0.15, -0.1) is 5.10 Å². The molecule has 3 heterocycles. The molecular weight excluding hydrogens is 379 g/mol. The summed E-state index contributed by atoms with van der Waals surface area (Å²) in [4.78, 5) is 8.68. The molecule has 2 aromatic heterocycles. The summed E-state index contributed by atoms with van der Waals surface area (Å²) in [7, 11) is 0. The third-order valence-corrected chi connectivity index (χ3v) is 7.45. The van der Waals surface area contributed by atoms with E-state index in [-0.39, 0.29) is 0 Å². The summed E-state index contributed by atoms with van der Waals surface area (Å²) in [5.74, 6) is 3.12. The standard InChI is InChI=1S/C23H33FN6/c24-22-5-3-6-23(25-22)29-12-10-28(11-13-29)9-2-1-4-21-17-30(27-26-21)16-20-15-18-7-8-19(20)14-18/h3,5-6,17-20H,1-2,4,7-16H2/t18-,19+,20?/m0/s1. The molecule has 2 bridgehead atoms. The van der Waals surface area contributed by atoms with Crippen molar-refractivity contribution in [1.29, 1.82) is 0 Å². The first kappa shape index (κ1) is 19.9. The van der Waals surface area contributed by atoms with Crippen molar-refractivity contribution in [3.63, 3.8) is 0 Å². The van der Waals surface area contributed by atoms with Crippen LogP contribution in [-0.4, -0.2) is 57.6 Å². The second kappa shape index (κ2) is 9.00. The van der Waals surface area contributed by atoms with Gasteiger partial charge in [0.2, 0.25) is 5.95 Å². The van der Waals surface area contributed by atoms with Gasteiger partial charge in [0, 0.05) is 38.9 Å². The fraction of sp³-hybridized carbons (Fsp3) is 0.696. The van der Waals surface area contributed by atoms with Crippen LogP contribution in [0.25, 0.3) is 0 Å². The predicted octanol–water partition coefficient (Wildman–Crippen LogP) is 3.39. The number of aryl methyl sites for hydroxylation is 1. The Morgan fingerprint density at radius 1 is 1.03 bits per heavy atom.